The van der Waals surface area contributed by atoms with Crippen LogP contribution in [0, 0.1) is 5.82 Å². The smallest absolute Gasteiger partial charge is 0.250 e. The summed E-state index contributed by atoms with van der Waals surface area (Å²) in [6, 6.07) is 9.35. The maximum absolute atomic E-state index is 13.3. The zero-order valence-electron chi connectivity index (χ0n) is 13.0. The molecule has 7 heteroatoms. The van der Waals surface area contributed by atoms with E-state index < -0.39 is 6.10 Å². The monoisotopic (exact) mass is 331 g/mol. The number of halogens is 1. The molecule has 0 spiro atoms. The van der Waals surface area contributed by atoms with Crippen molar-refractivity contribution in [2.75, 3.05) is 19.7 Å². The second kappa shape index (κ2) is 7.85. The van der Waals surface area contributed by atoms with Crippen LogP contribution in [0.2, 0.25) is 0 Å². The molecule has 1 aliphatic heterocycles. The SMILES string of the molecule is O=C(NCc1cccnc1Oc1cccc(F)c1)[C@H]1CNCCO1. The van der Waals surface area contributed by atoms with Gasteiger partial charge in [0.05, 0.1) is 6.61 Å². The third-order valence-electron chi connectivity index (χ3n) is 3.53. The molecule has 1 amide bonds. The molecule has 0 aliphatic carbocycles. The van der Waals surface area contributed by atoms with Gasteiger partial charge in [-0.15, -0.1) is 0 Å². The second-order valence-corrected chi connectivity index (χ2v) is 5.31. The molecule has 0 saturated carbocycles. The highest BCUT2D eigenvalue weighted by atomic mass is 19.1. The summed E-state index contributed by atoms with van der Waals surface area (Å²) >= 11 is 0. The first kappa shape index (κ1) is 16.4. The van der Waals surface area contributed by atoms with Crippen LogP contribution in [0.15, 0.2) is 42.6 Å². The Morgan fingerprint density at radius 1 is 1.42 bits per heavy atom. The van der Waals surface area contributed by atoms with Crippen molar-refractivity contribution >= 4 is 5.91 Å². The van der Waals surface area contributed by atoms with Gasteiger partial charge in [0.1, 0.15) is 17.7 Å². The third kappa shape index (κ3) is 4.27. The molecule has 1 saturated heterocycles. The Labute approximate surface area is 139 Å². The Hall–Kier alpha value is -2.51. The van der Waals surface area contributed by atoms with Gasteiger partial charge in [0.2, 0.25) is 5.88 Å². The van der Waals surface area contributed by atoms with Crippen molar-refractivity contribution < 1.29 is 18.7 Å². The van der Waals surface area contributed by atoms with Crippen LogP contribution in [0.3, 0.4) is 0 Å². The van der Waals surface area contributed by atoms with Crippen LogP contribution in [-0.4, -0.2) is 36.7 Å². The molecule has 6 nitrogen and oxygen atoms in total. The first-order chi connectivity index (χ1) is 11.7. The van der Waals surface area contributed by atoms with Crippen molar-refractivity contribution in [2.45, 2.75) is 12.6 Å². The van der Waals surface area contributed by atoms with E-state index in [4.69, 9.17) is 9.47 Å². The maximum Gasteiger partial charge on any atom is 0.250 e. The lowest BCUT2D eigenvalue weighted by Gasteiger charge is -2.22. The lowest BCUT2D eigenvalue weighted by molar-refractivity contribution is -0.134. The number of carbonyl (C=O) groups excluding carboxylic acids is 1. The molecule has 1 aliphatic rings. The fourth-order valence-corrected chi connectivity index (χ4v) is 2.32. The summed E-state index contributed by atoms with van der Waals surface area (Å²) in [7, 11) is 0. The van der Waals surface area contributed by atoms with E-state index in [0.717, 1.165) is 6.54 Å². The number of hydrogen-bond donors (Lipinski definition) is 2. The van der Waals surface area contributed by atoms with E-state index in [2.05, 4.69) is 15.6 Å². The van der Waals surface area contributed by atoms with E-state index in [-0.39, 0.29) is 18.3 Å². The number of nitrogens with zero attached hydrogens (tertiary/aromatic N) is 1. The molecule has 0 bridgehead atoms. The van der Waals surface area contributed by atoms with Crippen molar-refractivity contribution in [3.63, 3.8) is 0 Å². The summed E-state index contributed by atoms with van der Waals surface area (Å²) in [5.74, 6) is 0.0927. The van der Waals surface area contributed by atoms with E-state index in [9.17, 15) is 9.18 Å². The molecule has 2 N–H and O–H groups in total. The van der Waals surface area contributed by atoms with Gasteiger partial charge in [0.25, 0.3) is 5.91 Å². The molecule has 3 rings (SSSR count). The minimum absolute atomic E-state index is 0.192. The van der Waals surface area contributed by atoms with Gasteiger partial charge in [-0.25, -0.2) is 9.37 Å². The maximum atomic E-state index is 13.3. The van der Waals surface area contributed by atoms with Crippen LogP contribution in [0.1, 0.15) is 5.56 Å². The predicted octanol–water partition coefficient (Wildman–Crippen LogP) is 1.62. The van der Waals surface area contributed by atoms with E-state index in [1.165, 1.54) is 12.1 Å². The first-order valence-electron chi connectivity index (χ1n) is 7.70. The molecule has 1 aromatic carbocycles. The van der Waals surface area contributed by atoms with Gasteiger partial charge >= 0.3 is 0 Å². The van der Waals surface area contributed by atoms with Gasteiger partial charge in [0.15, 0.2) is 0 Å². The first-order valence-corrected chi connectivity index (χ1v) is 7.70. The fourth-order valence-electron chi connectivity index (χ4n) is 2.32. The number of rotatable bonds is 5. The number of ether oxygens (including phenoxy) is 2. The van der Waals surface area contributed by atoms with E-state index in [0.29, 0.717) is 30.3 Å². The number of pyridine rings is 1. The summed E-state index contributed by atoms with van der Waals surface area (Å²) in [5, 5.41) is 5.91. The molecular weight excluding hydrogens is 313 g/mol. The fraction of sp³-hybridized carbons (Fsp3) is 0.294. The van der Waals surface area contributed by atoms with Crippen LogP contribution < -0.4 is 15.4 Å². The highest BCUT2D eigenvalue weighted by molar-refractivity contribution is 5.81. The molecule has 2 heterocycles. The minimum atomic E-state index is -0.497. The average Bonchev–Trinajstić information content (AvgIpc) is 2.61. The van der Waals surface area contributed by atoms with Crippen LogP contribution in [-0.2, 0) is 16.1 Å². The van der Waals surface area contributed by atoms with Crippen molar-refractivity contribution in [3.8, 4) is 11.6 Å². The molecule has 1 aromatic heterocycles. The van der Waals surface area contributed by atoms with Gasteiger partial charge in [-0.3, -0.25) is 4.79 Å². The van der Waals surface area contributed by atoms with Crippen LogP contribution in [0.5, 0.6) is 11.6 Å². The summed E-state index contributed by atoms with van der Waals surface area (Å²) in [6.07, 6.45) is 1.08. The Balaban J connectivity index is 1.64. The highest BCUT2D eigenvalue weighted by Gasteiger charge is 2.21. The lowest BCUT2D eigenvalue weighted by Crippen LogP contribution is -2.47. The van der Waals surface area contributed by atoms with E-state index in [1.54, 1.807) is 30.5 Å². The molecular formula is C17H18FN3O3. The number of benzene rings is 1. The van der Waals surface area contributed by atoms with Crippen molar-refractivity contribution in [2.24, 2.45) is 0 Å². The Kier molecular flexibility index (Phi) is 5.35. The summed E-state index contributed by atoms with van der Waals surface area (Å²) in [6.45, 7) is 2.00. The topological polar surface area (TPSA) is 72.5 Å². The Morgan fingerprint density at radius 3 is 3.12 bits per heavy atom. The molecule has 1 fully saturated rings. The number of hydrogen-bond acceptors (Lipinski definition) is 5. The Bertz CT molecular complexity index is 705. The zero-order chi connectivity index (χ0) is 16.8. The minimum Gasteiger partial charge on any atom is -0.439 e. The quantitative estimate of drug-likeness (QED) is 0.871. The third-order valence-corrected chi connectivity index (χ3v) is 3.53. The number of carbonyl (C=O) groups is 1. The molecule has 126 valence electrons. The normalized spacial score (nSPS) is 17.3. The summed E-state index contributed by atoms with van der Waals surface area (Å²) in [5.41, 5.74) is 0.693. The zero-order valence-corrected chi connectivity index (χ0v) is 13.0. The summed E-state index contributed by atoms with van der Waals surface area (Å²) in [4.78, 5) is 16.3. The molecule has 1 atom stereocenters. The van der Waals surface area contributed by atoms with Crippen LogP contribution in [0.25, 0.3) is 0 Å². The molecule has 0 unspecified atom stereocenters. The number of amides is 1. The van der Waals surface area contributed by atoms with Crippen LogP contribution >= 0.6 is 0 Å². The van der Waals surface area contributed by atoms with Crippen molar-refractivity contribution in [1.29, 1.82) is 0 Å². The largest absolute Gasteiger partial charge is 0.439 e. The van der Waals surface area contributed by atoms with Crippen LogP contribution in [0.4, 0.5) is 4.39 Å². The average molecular weight is 331 g/mol. The summed E-state index contributed by atoms with van der Waals surface area (Å²) < 4.78 is 24.3. The molecule has 2 aromatic rings. The second-order valence-electron chi connectivity index (χ2n) is 5.31. The lowest BCUT2D eigenvalue weighted by atomic mass is 10.2. The number of morpholine rings is 1. The predicted molar refractivity (Wildman–Crippen MR) is 85.2 cm³/mol. The van der Waals surface area contributed by atoms with Gasteiger partial charge in [-0.1, -0.05) is 12.1 Å². The number of aromatic nitrogens is 1. The standard InChI is InChI=1S/C17H18FN3O3/c18-13-4-1-5-14(9-13)24-17-12(3-2-6-20-17)10-21-16(22)15-11-19-7-8-23-15/h1-6,9,15,19H,7-8,10-11H2,(H,21,22)/t15-/m1/s1. The van der Waals surface area contributed by atoms with Crippen molar-refractivity contribution in [3.05, 3.63) is 54.0 Å². The highest BCUT2D eigenvalue weighted by Crippen LogP contribution is 2.23. The van der Waals surface area contributed by atoms with E-state index >= 15 is 0 Å². The van der Waals surface area contributed by atoms with Gasteiger partial charge < -0.3 is 20.1 Å². The Morgan fingerprint density at radius 2 is 2.33 bits per heavy atom. The molecule has 0 radical (unpaired) electrons. The van der Waals surface area contributed by atoms with E-state index in [1.807, 2.05) is 0 Å². The molecule has 24 heavy (non-hydrogen) atoms. The van der Waals surface area contributed by atoms with Gasteiger partial charge in [-0.2, -0.15) is 0 Å². The van der Waals surface area contributed by atoms with Crippen molar-refractivity contribution in [1.82, 2.24) is 15.6 Å². The number of nitrogens with one attached hydrogen (secondary N) is 2. The van der Waals surface area contributed by atoms with Gasteiger partial charge in [-0.05, 0) is 18.2 Å². The van der Waals surface area contributed by atoms with Gasteiger partial charge in [0, 0.05) is 37.5 Å².